The topological polar surface area (TPSA) is 26.3 Å². The van der Waals surface area contributed by atoms with Gasteiger partial charge < -0.3 is 4.74 Å². The van der Waals surface area contributed by atoms with Gasteiger partial charge in [0.25, 0.3) is 0 Å². The molecule has 0 N–H and O–H groups in total. The van der Waals surface area contributed by atoms with E-state index >= 15 is 0 Å². The molecule has 0 aliphatic carbocycles. The van der Waals surface area contributed by atoms with E-state index in [1.165, 1.54) is 46.1 Å². The van der Waals surface area contributed by atoms with Gasteiger partial charge in [-0.1, -0.05) is 82.0 Å². The Labute approximate surface area is 180 Å². The summed E-state index contributed by atoms with van der Waals surface area (Å²) in [6.45, 7) is 4.82. The van der Waals surface area contributed by atoms with Crippen LogP contribution in [0.3, 0.4) is 0 Å². The van der Waals surface area contributed by atoms with E-state index in [1.54, 1.807) is 17.8 Å². The lowest BCUT2D eigenvalue weighted by atomic mass is 9.93. The number of fused-ring (bicyclic) bond motifs is 1. The molecule has 0 aliphatic rings. The highest BCUT2D eigenvalue weighted by Crippen LogP contribution is 2.36. The first-order chi connectivity index (χ1) is 14.2. The summed E-state index contributed by atoms with van der Waals surface area (Å²) in [5.41, 5.74) is 2.59. The molecule has 0 bridgehead atoms. The van der Waals surface area contributed by atoms with Gasteiger partial charge in [0.05, 0.1) is 6.61 Å². The highest BCUT2D eigenvalue weighted by Gasteiger charge is 2.11. The number of hydrogen-bond acceptors (Lipinski definition) is 3. The van der Waals surface area contributed by atoms with Gasteiger partial charge in [-0.3, -0.25) is 0 Å². The first-order valence-corrected chi connectivity index (χ1v) is 12.0. The summed E-state index contributed by atoms with van der Waals surface area (Å²) >= 11 is 1.78. The predicted molar refractivity (Wildman–Crippen MR) is 127 cm³/mol. The normalized spacial score (nSPS) is 12.0. The lowest BCUT2D eigenvalue weighted by Gasteiger charge is -2.15. The van der Waals surface area contributed by atoms with E-state index < -0.39 is 0 Å². The average Bonchev–Trinajstić information content (AvgIpc) is 2.75. The molecule has 0 unspecified atom stereocenters. The number of unbranched alkanes of at least 4 members (excludes halogenated alkanes) is 4. The minimum Gasteiger partial charge on any atom is -0.463 e. The fourth-order valence-electron chi connectivity index (χ4n) is 3.39. The SMILES string of the molecule is CCCCCC/C(=C/C=C/C(=O)OCCCC)c1c(SC)ccc2ccccc12. The smallest absolute Gasteiger partial charge is 0.330 e. The molecule has 0 atom stereocenters. The third-order valence-electron chi connectivity index (χ3n) is 5.00. The number of carbonyl (C=O) groups is 1. The number of rotatable bonds is 12. The monoisotopic (exact) mass is 410 g/mol. The molecule has 0 fully saturated rings. The largest absolute Gasteiger partial charge is 0.463 e. The number of benzene rings is 2. The van der Waals surface area contributed by atoms with Gasteiger partial charge in [0.2, 0.25) is 0 Å². The number of allylic oxidation sites excluding steroid dienone is 3. The van der Waals surface area contributed by atoms with Crippen molar-refractivity contribution in [1.82, 2.24) is 0 Å². The van der Waals surface area contributed by atoms with E-state index in [-0.39, 0.29) is 5.97 Å². The summed E-state index contributed by atoms with van der Waals surface area (Å²) in [5, 5.41) is 2.53. The Morgan fingerprint density at radius 1 is 1.00 bits per heavy atom. The fourth-order valence-corrected chi connectivity index (χ4v) is 4.04. The number of thioether (sulfide) groups is 1. The number of hydrogen-bond donors (Lipinski definition) is 0. The minimum absolute atomic E-state index is 0.261. The summed E-state index contributed by atoms with van der Waals surface area (Å²) in [7, 11) is 0. The Bertz CT molecular complexity index is 836. The Morgan fingerprint density at radius 3 is 2.55 bits per heavy atom. The molecule has 29 heavy (non-hydrogen) atoms. The van der Waals surface area contributed by atoms with Crippen molar-refractivity contribution in [2.75, 3.05) is 12.9 Å². The Kier molecular flexibility index (Phi) is 10.6. The zero-order valence-corrected chi connectivity index (χ0v) is 18.9. The van der Waals surface area contributed by atoms with Crippen LogP contribution in [0, 0.1) is 0 Å². The van der Waals surface area contributed by atoms with Gasteiger partial charge in [-0.25, -0.2) is 4.79 Å². The molecule has 156 valence electrons. The van der Waals surface area contributed by atoms with E-state index in [0.717, 1.165) is 25.7 Å². The second-order valence-corrected chi connectivity index (χ2v) is 8.09. The van der Waals surface area contributed by atoms with E-state index in [1.807, 2.05) is 6.08 Å². The van der Waals surface area contributed by atoms with Gasteiger partial charge in [-0.2, -0.15) is 0 Å². The maximum atomic E-state index is 11.9. The van der Waals surface area contributed by atoms with E-state index in [9.17, 15) is 4.79 Å². The summed E-state index contributed by atoms with van der Waals surface area (Å²) in [4.78, 5) is 13.2. The van der Waals surface area contributed by atoms with Crippen LogP contribution in [0.4, 0.5) is 0 Å². The van der Waals surface area contributed by atoms with E-state index in [0.29, 0.717) is 6.61 Å². The second-order valence-electron chi connectivity index (χ2n) is 7.25. The summed E-state index contributed by atoms with van der Waals surface area (Å²) < 4.78 is 5.24. The number of carbonyl (C=O) groups excluding carboxylic acids is 1. The first kappa shape index (κ1) is 23.3. The summed E-state index contributed by atoms with van der Waals surface area (Å²) in [6, 6.07) is 13.0. The van der Waals surface area contributed by atoms with Crippen LogP contribution in [0.1, 0.15) is 64.4 Å². The number of ether oxygens (including phenoxy) is 1. The molecule has 0 spiro atoms. The van der Waals surface area contributed by atoms with Crippen molar-refractivity contribution >= 4 is 34.1 Å². The third-order valence-corrected chi connectivity index (χ3v) is 5.78. The van der Waals surface area contributed by atoms with E-state index in [4.69, 9.17) is 4.74 Å². The molecular weight excluding hydrogens is 376 g/mol. The van der Waals surface area contributed by atoms with Crippen molar-refractivity contribution in [3.8, 4) is 0 Å². The van der Waals surface area contributed by atoms with Crippen molar-refractivity contribution in [3.05, 3.63) is 60.2 Å². The highest BCUT2D eigenvalue weighted by molar-refractivity contribution is 7.98. The molecule has 2 rings (SSSR count). The van der Waals surface area contributed by atoms with E-state index in [2.05, 4.69) is 62.6 Å². The van der Waals surface area contributed by atoms with Gasteiger partial charge in [-0.05, 0) is 53.5 Å². The molecular formula is C26H34O2S. The van der Waals surface area contributed by atoms with Crippen LogP contribution < -0.4 is 0 Å². The molecule has 0 heterocycles. The van der Waals surface area contributed by atoms with Crippen LogP contribution in [0.15, 0.2) is 59.5 Å². The lowest BCUT2D eigenvalue weighted by Crippen LogP contribution is -2.01. The third kappa shape index (κ3) is 7.40. The van der Waals surface area contributed by atoms with Crippen LogP contribution in [-0.2, 0) is 9.53 Å². The zero-order valence-electron chi connectivity index (χ0n) is 18.1. The van der Waals surface area contributed by atoms with Gasteiger partial charge in [0.15, 0.2) is 0 Å². The molecule has 2 nitrogen and oxygen atoms in total. The molecule has 0 radical (unpaired) electrons. The molecule has 2 aromatic carbocycles. The van der Waals surface area contributed by atoms with Crippen molar-refractivity contribution in [2.45, 2.75) is 63.7 Å². The maximum absolute atomic E-state index is 11.9. The molecule has 2 aromatic rings. The molecule has 0 amide bonds. The molecule has 0 aliphatic heterocycles. The van der Waals surface area contributed by atoms with Crippen LogP contribution in [0.25, 0.3) is 16.3 Å². The Morgan fingerprint density at radius 2 is 1.79 bits per heavy atom. The minimum atomic E-state index is -0.261. The van der Waals surface area contributed by atoms with Crippen LogP contribution >= 0.6 is 11.8 Å². The summed E-state index contributed by atoms with van der Waals surface area (Å²) in [5.74, 6) is -0.261. The van der Waals surface area contributed by atoms with Crippen molar-refractivity contribution in [3.63, 3.8) is 0 Å². The van der Waals surface area contributed by atoms with Gasteiger partial charge in [0, 0.05) is 11.0 Å². The van der Waals surface area contributed by atoms with Gasteiger partial charge in [0.1, 0.15) is 0 Å². The Balaban J connectivity index is 2.33. The van der Waals surface area contributed by atoms with Gasteiger partial charge in [-0.15, -0.1) is 11.8 Å². The number of esters is 1. The first-order valence-electron chi connectivity index (χ1n) is 10.8. The standard InChI is InChI=1S/C26H34O2S/c1-4-6-8-9-14-22(15-12-17-25(27)28-20-7-5-2)26-23-16-11-10-13-21(23)18-19-24(26)29-3/h10-13,15-19H,4-9,14,20H2,1-3H3/b17-12+,22-15-. The average molecular weight is 411 g/mol. The zero-order chi connectivity index (χ0) is 20.9. The maximum Gasteiger partial charge on any atom is 0.330 e. The highest BCUT2D eigenvalue weighted by atomic mass is 32.2. The second kappa shape index (κ2) is 13.3. The van der Waals surface area contributed by atoms with Crippen molar-refractivity contribution < 1.29 is 9.53 Å². The Hall–Kier alpha value is -2.00. The fraction of sp³-hybridized carbons (Fsp3) is 0.423. The van der Waals surface area contributed by atoms with Crippen molar-refractivity contribution in [1.29, 1.82) is 0 Å². The van der Waals surface area contributed by atoms with Crippen molar-refractivity contribution in [2.24, 2.45) is 0 Å². The quantitative estimate of drug-likeness (QED) is 0.117. The summed E-state index contributed by atoms with van der Waals surface area (Å²) in [6.07, 6.45) is 15.5. The molecule has 0 saturated heterocycles. The molecule has 0 aromatic heterocycles. The van der Waals surface area contributed by atoms with Crippen LogP contribution in [0.5, 0.6) is 0 Å². The van der Waals surface area contributed by atoms with Gasteiger partial charge >= 0.3 is 5.97 Å². The predicted octanol–water partition coefficient (Wildman–Crippen LogP) is 7.82. The molecule has 0 saturated carbocycles. The molecule has 3 heteroatoms. The van der Waals surface area contributed by atoms with Crippen LogP contribution in [-0.4, -0.2) is 18.8 Å². The lowest BCUT2D eigenvalue weighted by molar-refractivity contribution is -0.137. The van der Waals surface area contributed by atoms with Crippen LogP contribution in [0.2, 0.25) is 0 Å².